The molecule has 0 aliphatic rings. The predicted molar refractivity (Wildman–Crippen MR) is 83.9 cm³/mol. The first-order valence-corrected chi connectivity index (χ1v) is 7.52. The van der Waals surface area contributed by atoms with Crippen molar-refractivity contribution in [1.29, 1.82) is 0 Å². The van der Waals surface area contributed by atoms with Gasteiger partial charge >= 0.3 is 12.0 Å². The predicted octanol–water partition coefficient (Wildman–Crippen LogP) is 1.62. The molecular formula is C16H22N2O5. The minimum Gasteiger partial charge on any atom is -0.479 e. The minimum absolute atomic E-state index is 0.395. The molecule has 0 unspecified atom stereocenters. The average Bonchev–Trinajstić information content (AvgIpc) is 2.56. The van der Waals surface area contributed by atoms with Gasteiger partial charge in [-0.05, 0) is 25.0 Å². The summed E-state index contributed by atoms with van der Waals surface area (Å²) in [5.74, 6) is -0.804. The number of carbonyl (C=O) groups is 3. The van der Waals surface area contributed by atoms with Crippen molar-refractivity contribution in [1.82, 2.24) is 10.6 Å². The van der Waals surface area contributed by atoms with Gasteiger partial charge < -0.3 is 14.8 Å². The molecule has 1 aromatic carbocycles. The summed E-state index contributed by atoms with van der Waals surface area (Å²) < 4.78 is 10.4. The second-order valence-electron chi connectivity index (χ2n) is 4.74. The minimum atomic E-state index is -0.806. The lowest BCUT2D eigenvalue weighted by Crippen LogP contribution is -2.42. The zero-order valence-electron chi connectivity index (χ0n) is 13.3. The van der Waals surface area contributed by atoms with E-state index in [2.05, 4.69) is 10.6 Å². The summed E-state index contributed by atoms with van der Waals surface area (Å²) in [6, 6.07) is 8.24. The Hall–Kier alpha value is -2.57. The Labute approximate surface area is 135 Å². The molecule has 2 N–H and O–H groups in total. The number of rotatable bonds is 8. The van der Waals surface area contributed by atoms with E-state index in [0.29, 0.717) is 18.7 Å². The van der Waals surface area contributed by atoms with E-state index in [1.165, 1.54) is 0 Å². The highest BCUT2D eigenvalue weighted by molar-refractivity contribution is 5.95. The summed E-state index contributed by atoms with van der Waals surface area (Å²) in [6.07, 6.45) is 0.344. The first kappa shape index (κ1) is 18.5. The van der Waals surface area contributed by atoms with Crippen LogP contribution >= 0.6 is 0 Å². The maximum atomic E-state index is 11.9. The third kappa shape index (κ3) is 7.30. The van der Waals surface area contributed by atoms with E-state index in [4.69, 9.17) is 9.47 Å². The van der Waals surface area contributed by atoms with Crippen LogP contribution < -0.4 is 15.4 Å². The molecular weight excluding hydrogens is 300 g/mol. The first-order chi connectivity index (χ1) is 11.1. The summed E-state index contributed by atoms with van der Waals surface area (Å²) in [6.45, 7) is 3.59. The van der Waals surface area contributed by atoms with Crippen LogP contribution in [0.4, 0.5) is 4.79 Å². The lowest BCUT2D eigenvalue weighted by Gasteiger charge is -2.16. The summed E-state index contributed by atoms with van der Waals surface area (Å²) in [5, 5.41) is 4.55. The van der Waals surface area contributed by atoms with Crippen molar-refractivity contribution in [2.45, 2.75) is 32.8 Å². The number of nitrogens with one attached hydrogen (secondary N) is 2. The summed E-state index contributed by atoms with van der Waals surface area (Å²) in [7, 11) is 0. The van der Waals surface area contributed by atoms with Crippen LogP contribution in [0.2, 0.25) is 0 Å². The number of benzene rings is 1. The summed E-state index contributed by atoms with van der Waals surface area (Å²) >= 11 is 0. The number of hydrogen-bond donors (Lipinski definition) is 2. The molecule has 1 rings (SSSR count). The van der Waals surface area contributed by atoms with Crippen molar-refractivity contribution in [3.8, 4) is 5.75 Å². The maximum Gasteiger partial charge on any atom is 0.347 e. The molecule has 7 heteroatoms. The SMILES string of the molecule is CCCNC(=O)NC(=O)COC(=O)[C@@H](CC)Oc1ccccc1. The van der Waals surface area contributed by atoms with E-state index in [1.807, 2.05) is 13.0 Å². The topological polar surface area (TPSA) is 93.7 Å². The van der Waals surface area contributed by atoms with Crippen LogP contribution in [-0.2, 0) is 14.3 Å². The van der Waals surface area contributed by atoms with Gasteiger partial charge in [-0.15, -0.1) is 0 Å². The highest BCUT2D eigenvalue weighted by atomic mass is 16.6. The number of amides is 3. The van der Waals surface area contributed by atoms with Crippen LogP contribution in [0.5, 0.6) is 5.75 Å². The second-order valence-corrected chi connectivity index (χ2v) is 4.74. The summed E-state index contributed by atoms with van der Waals surface area (Å²) in [4.78, 5) is 34.7. The molecule has 7 nitrogen and oxygen atoms in total. The molecule has 0 heterocycles. The largest absolute Gasteiger partial charge is 0.479 e. The van der Waals surface area contributed by atoms with Crippen molar-refractivity contribution in [3.63, 3.8) is 0 Å². The molecule has 126 valence electrons. The molecule has 0 aliphatic heterocycles. The standard InChI is InChI=1S/C16H22N2O5/c1-3-10-17-16(21)18-14(19)11-22-15(20)13(4-2)23-12-8-6-5-7-9-12/h5-9,13H,3-4,10-11H2,1-2H3,(H2,17,18,19,21)/t13-/m1/s1. The fraction of sp³-hybridized carbons (Fsp3) is 0.438. The summed E-state index contributed by atoms with van der Waals surface area (Å²) in [5.41, 5.74) is 0. The van der Waals surface area contributed by atoms with Gasteiger partial charge in [0.1, 0.15) is 5.75 Å². The average molecular weight is 322 g/mol. The second kappa shape index (κ2) is 10.2. The molecule has 23 heavy (non-hydrogen) atoms. The third-order valence-electron chi connectivity index (χ3n) is 2.79. The number of ether oxygens (including phenoxy) is 2. The molecule has 0 bridgehead atoms. The normalized spacial score (nSPS) is 11.2. The molecule has 0 saturated heterocycles. The number of carbonyl (C=O) groups excluding carboxylic acids is 3. The molecule has 0 saturated carbocycles. The van der Waals surface area contributed by atoms with Crippen molar-refractivity contribution in [3.05, 3.63) is 30.3 Å². The van der Waals surface area contributed by atoms with E-state index in [0.717, 1.165) is 6.42 Å². The van der Waals surface area contributed by atoms with E-state index in [-0.39, 0.29) is 0 Å². The van der Waals surface area contributed by atoms with E-state index in [1.54, 1.807) is 31.2 Å². The van der Waals surface area contributed by atoms with Crippen LogP contribution in [0.25, 0.3) is 0 Å². The van der Waals surface area contributed by atoms with Crippen molar-refractivity contribution >= 4 is 17.9 Å². The number of urea groups is 1. The van der Waals surface area contributed by atoms with Crippen LogP contribution in [0.1, 0.15) is 26.7 Å². The van der Waals surface area contributed by atoms with E-state index in [9.17, 15) is 14.4 Å². The maximum absolute atomic E-state index is 11.9. The molecule has 0 aromatic heterocycles. The molecule has 3 amide bonds. The lowest BCUT2D eigenvalue weighted by molar-refractivity contribution is -0.155. The number of imide groups is 1. The van der Waals surface area contributed by atoms with Crippen molar-refractivity contribution < 1.29 is 23.9 Å². The smallest absolute Gasteiger partial charge is 0.347 e. The highest BCUT2D eigenvalue weighted by Gasteiger charge is 2.21. The fourth-order valence-corrected chi connectivity index (χ4v) is 1.64. The van der Waals surface area contributed by atoms with Gasteiger partial charge in [0.25, 0.3) is 5.91 Å². The zero-order chi connectivity index (χ0) is 17.1. The Morgan fingerprint density at radius 3 is 2.43 bits per heavy atom. The number of esters is 1. The van der Waals surface area contributed by atoms with Crippen molar-refractivity contribution in [2.75, 3.05) is 13.2 Å². The molecule has 1 aromatic rings. The van der Waals surface area contributed by atoms with Gasteiger partial charge in [0.15, 0.2) is 12.7 Å². The van der Waals surface area contributed by atoms with E-state index >= 15 is 0 Å². The molecule has 0 fully saturated rings. The van der Waals surface area contributed by atoms with Gasteiger partial charge in [0.05, 0.1) is 0 Å². The van der Waals surface area contributed by atoms with E-state index < -0.39 is 30.6 Å². The van der Waals surface area contributed by atoms with Crippen LogP contribution in [0.3, 0.4) is 0 Å². The number of para-hydroxylation sites is 1. The van der Waals surface area contributed by atoms with Gasteiger partial charge in [-0.25, -0.2) is 9.59 Å². The Morgan fingerprint density at radius 2 is 1.83 bits per heavy atom. The highest BCUT2D eigenvalue weighted by Crippen LogP contribution is 2.13. The molecule has 0 spiro atoms. The monoisotopic (exact) mass is 322 g/mol. The quantitative estimate of drug-likeness (QED) is 0.709. The zero-order valence-corrected chi connectivity index (χ0v) is 13.3. The van der Waals surface area contributed by atoms with Gasteiger partial charge in [0, 0.05) is 6.54 Å². The molecule has 0 aliphatic carbocycles. The van der Waals surface area contributed by atoms with Crippen LogP contribution in [0, 0.1) is 0 Å². The Balaban J connectivity index is 2.38. The van der Waals surface area contributed by atoms with Gasteiger partial charge in [-0.3, -0.25) is 10.1 Å². The molecule has 0 radical (unpaired) electrons. The lowest BCUT2D eigenvalue weighted by atomic mass is 10.2. The first-order valence-electron chi connectivity index (χ1n) is 7.52. The van der Waals surface area contributed by atoms with Gasteiger partial charge in [-0.2, -0.15) is 0 Å². The third-order valence-corrected chi connectivity index (χ3v) is 2.79. The van der Waals surface area contributed by atoms with Gasteiger partial charge in [0.2, 0.25) is 0 Å². The molecule has 1 atom stereocenters. The fourth-order valence-electron chi connectivity index (χ4n) is 1.64. The van der Waals surface area contributed by atoms with Crippen molar-refractivity contribution in [2.24, 2.45) is 0 Å². The number of hydrogen-bond acceptors (Lipinski definition) is 5. The van der Waals surface area contributed by atoms with Crippen LogP contribution in [0.15, 0.2) is 30.3 Å². The Morgan fingerprint density at radius 1 is 1.13 bits per heavy atom. The van der Waals surface area contributed by atoms with Crippen LogP contribution in [-0.4, -0.2) is 37.2 Å². The Kier molecular flexibility index (Phi) is 8.20. The van der Waals surface area contributed by atoms with Gasteiger partial charge in [-0.1, -0.05) is 32.0 Å². The Bertz CT molecular complexity index is 518.